The van der Waals surface area contributed by atoms with Gasteiger partial charge in [-0.05, 0) is 235 Å². The van der Waals surface area contributed by atoms with Crippen molar-refractivity contribution in [3.05, 3.63) is 0 Å². The second-order valence-corrected chi connectivity index (χ2v) is 61.7. The quantitative estimate of drug-likeness (QED) is 0.0325. The van der Waals surface area contributed by atoms with Gasteiger partial charge < -0.3 is 39.8 Å². The predicted octanol–water partition coefficient (Wildman–Crippen LogP) is 17.4. The summed E-state index contributed by atoms with van der Waals surface area (Å²) in [6.45, 7) is 26.6. The van der Waals surface area contributed by atoms with Crippen molar-refractivity contribution < 1.29 is 39.8 Å². The van der Waals surface area contributed by atoms with Gasteiger partial charge in [-0.1, -0.05) is 39.0 Å². The zero-order valence-electron chi connectivity index (χ0n) is 44.8. The van der Waals surface area contributed by atoms with Gasteiger partial charge in [0, 0.05) is 80.0 Å². The summed E-state index contributed by atoms with van der Waals surface area (Å²) >= 11 is 18.0. The lowest BCUT2D eigenvalue weighted by atomic mass is 9.85. The third kappa shape index (κ3) is 11.5. The maximum Gasteiger partial charge on any atom is 0.583 e. The summed E-state index contributed by atoms with van der Waals surface area (Å²) in [5.74, 6) is 3.91. The van der Waals surface area contributed by atoms with E-state index in [9.17, 15) is 0 Å². The summed E-state index contributed by atoms with van der Waals surface area (Å²) in [6, 6.07) is 0. The fraction of sp³-hybridized carbons (Fsp3) is 1.00. The minimum atomic E-state index is -3.52. The molecule has 0 aromatic heterocycles. The number of rotatable bonds is 34. The number of hydrogen-bond acceptors (Lipinski definition) is 18. The molecule has 13 unspecified atom stereocenters. The average Bonchev–Trinajstić information content (AvgIpc) is 4.26. The molecule has 0 amide bonds. The van der Waals surface area contributed by atoms with Crippen LogP contribution in [0.5, 0.6) is 0 Å². The van der Waals surface area contributed by atoms with Crippen molar-refractivity contribution >= 4 is 143 Å². The van der Waals surface area contributed by atoms with Crippen LogP contribution in [0.2, 0.25) is 0 Å². The van der Waals surface area contributed by atoms with E-state index >= 15 is 0 Å². The van der Waals surface area contributed by atoms with Crippen LogP contribution in [0.3, 0.4) is 0 Å². The molecule has 7 rings (SSSR count). The van der Waals surface area contributed by atoms with Crippen LogP contribution < -0.4 is 0 Å². The molecule has 6 bridgehead atoms. The van der Waals surface area contributed by atoms with Crippen molar-refractivity contribution in [2.75, 3.05) is 59.5 Å². The maximum absolute atomic E-state index is 7.28. The van der Waals surface area contributed by atoms with E-state index in [1.807, 2.05) is 29.5 Å². The molecule has 13 atom stereocenters. The van der Waals surface area contributed by atoms with Crippen LogP contribution in [0.1, 0.15) is 178 Å². The topological polar surface area (TPSA) is 83.1 Å². The fourth-order valence-corrected chi connectivity index (χ4v) is 109. The van der Waals surface area contributed by atoms with Crippen LogP contribution in [0.25, 0.3) is 0 Å². The van der Waals surface area contributed by atoms with E-state index in [0.29, 0.717) is 105 Å². The van der Waals surface area contributed by atoms with E-state index in [1.165, 1.54) is 77.0 Å². The molecule has 420 valence electrons. The summed E-state index contributed by atoms with van der Waals surface area (Å²) in [5, 5.41) is 1.25. The molecule has 24 heteroatoms. The smallest absolute Gasteiger partial charge is 0.365 e. The SMILES string of the molecule is CCO[Si](OCC)(OCC)SS(SS)(C1CC2CCC1C2)C1(CC)CCCCC1(S(SS)(S[Si](OCC)(OCC)OCC)C1CC2CCC1C2)S(SS)(S[Si](OCC)(OCC)OCC)C1CC2CCC1C2. The van der Waals surface area contributed by atoms with E-state index in [1.54, 1.807) is 0 Å². The Kier molecular flexibility index (Phi) is 24.6. The molecule has 71 heavy (non-hydrogen) atoms. The molecular weight excluding hydrogens is 1180 g/mol. The molecule has 0 spiro atoms. The summed E-state index contributed by atoms with van der Waals surface area (Å²) in [7, 11) is -4.63. The van der Waals surface area contributed by atoms with Crippen LogP contribution >= 0.6 is 119 Å². The van der Waals surface area contributed by atoms with Gasteiger partial charge in [-0.25, -0.2) is 0 Å². The van der Waals surface area contributed by atoms with Crippen LogP contribution in [0.4, 0.5) is 0 Å². The first-order valence-corrected chi connectivity index (χ1v) is 51.2. The molecule has 7 aliphatic carbocycles. The van der Waals surface area contributed by atoms with Gasteiger partial charge in [0.1, 0.15) is 0 Å². The van der Waals surface area contributed by atoms with E-state index in [2.05, 4.69) is 100.0 Å². The van der Waals surface area contributed by atoms with Gasteiger partial charge >= 0.3 is 23.9 Å². The lowest BCUT2D eigenvalue weighted by Crippen LogP contribution is -2.66. The van der Waals surface area contributed by atoms with E-state index in [4.69, 9.17) is 74.8 Å². The van der Waals surface area contributed by atoms with Gasteiger partial charge in [0.2, 0.25) is 0 Å². The third-order valence-electron chi connectivity index (χ3n) is 17.2. The van der Waals surface area contributed by atoms with Crippen molar-refractivity contribution in [1.82, 2.24) is 0 Å². The molecule has 0 aromatic carbocycles. The average molecular weight is 1270 g/mol. The van der Waals surface area contributed by atoms with Crippen molar-refractivity contribution in [1.29, 1.82) is 0 Å². The molecule has 0 aromatic rings. The number of hydrogen-bond donors (Lipinski definition) is 3. The molecule has 7 saturated carbocycles. The van der Waals surface area contributed by atoms with Gasteiger partial charge in [-0.3, -0.25) is 0 Å². The van der Waals surface area contributed by atoms with Crippen molar-refractivity contribution in [2.45, 2.75) is 203 Å². The minimum Gasteiger partial charge on any atom is -0.365 e. The molecule has 0 radical (unpaired) electrons. The molecule has 0 heterocycles. The largest absolute Gasteiger partial charge is 0.583 e. The fourth-order valence-electron chi connectivity index (χ4n) is 15.1. The first-order chi connectivity index (χ1) is 34.3. The minimum absolute atomic E-state index is 0.302. The zero-order valence-corrected chi connectivity index (χ0v) is 57.8. The van der Waals surface area contributed by atoms with Gasteiger partial charge in [0.15, 0.2) is 0 Å². The zero-order chi connectivity index (χ0) is 51.2. The number of thiol groups is 3. The highest BCUT2D eigenvalue weighted by Crippen LogP contribution is 3.07. The molecule has 7 fully saturated rings. The monoisotopic (exact) mass is 1270 g/mol. The van der Waals surface area contributed by atoms with Crippen LogP contribution in [-0.4, -0.2) is 108 Å². The Morgan fingerprint density at radius 3 is 0.915 bits per heavy atom. The van der Waals surface area contributed by atoms with E-state index in [-0.39, 0.29) is 4.75 Å². The Morgan fingerprint density at radius 1 is 0.394 bits per heavy atom. The predicted molar refractivity (Wildman–Crippen MR) is 339 cm³/mol. The molecular formula is C47H94O9S12Si3. The van der Waals surface area contributed by atoms with Crippen LogP contribution in [0.15, 0.2) is 0 Å². The summed E-state index contributed by atoms with van der Waals surface area (Å²) < 4.78 is 64.6. The van der Waals surface area contributed by atoms with E-state index < -0.39 is 52.2 Å². The maximum atomic E-state index is 7.28. The van der Waals surface area contributed by atoms with Crippen molar-refractivity contribution in [3.63, 3.8) is 0 Å². The first-order valence-electron chi connectivity index (χ1n) is 27.6. The van der Waals surface area contributed by atoms with Crippen LogP contribution in [0, 0.1) is 35.5 Å². The standard InChI is InChI=1S/C47H94O9S12Si3/c1-11-46(66(60-57,43-34-37-23-26-40(43)31-37)63-69(48-12-2,49-13-3)50-14-4)29-21-22-30-47(46,67(61-58,44-35-38-24-27-41(44)32-38)64-70(51-15-5,52-16-6)53-17-7)68(62-59,45-36-39-25-28-42(45)33-39)65-71(54-18-8,55-19-9)56-20-10/h37-45,57-59H,11-36H2,1-10H3. The van der Waals surface area contributed by atoms with Gasteiger partial charge in [0.05, 0.1) is 4.08 Å². The highest BCUT2D eigenvalue weighted by molar-refractivity contribution is 9.47. The lowest BCUT2D eigenvalue weighted by Gasteiger charge is -2.79. The summed E-state index contributed by atoms with van der Waals surface area (Å²) in [5.41, 5.74) is 0. The van der Waals surface area contributed by atoms with Crippen molar-refractivity contribution in [2.24, 2.45) is 35.5 Å². The number of fused-ring (bicyclic) bond motifs is 6. The Bertz CT molecular complexity index is 1560. The Labute approximate surface area is 476 Å². The molecule has 0 saturated heterocycles. The van der Waals surface area contributed by atoms with Gasteiger partial charge in [-0.15, -0.1) is 59.3 Å². The third-order valence-corrected chi connectivity index (χ3v) is 84.8. The van der Waals surface area contributed by atoms with Gasteiger partial charge in [-0.2, -0.15) is 0 Å². The molecule has 9 nitrogen and oxygen atoms in total. The van der Waals surface area contributed by atoms with Crippen molar-refractivity contribution in [3.8, 4) is 0 Å². The van der Waals surface area contributed by atoms with Gasteiger partial charge in [0.25, 0.3) is 0 Å². The normalized spacial score (nSPS) is 36.7. The Balaban J connectivity index is 1.73. The highest BCUT2D eigenvalue weighted by atomic mass is 33.8. The summed E-state index contributed by atoms with van der Waals surface area (Å²) in [6.07, 6.45) is 20.8. The molecule has 0 N–H and O–H groups in total. The highest BCUT2D eigenvalue weighted by Gasteiger charge is 2.82. The molecule has 7 aliphatic rings. The second kappa shape index (κ2) is 27.7. The first kappa shape index (κ1) is 63.1. The van der Waals surface area contributed by atoms with Crippen LogP contribution in [-0.2, 0) is 39.8 Å². The van der Waals surface area contributed by atoms with E-state index in [0.717, 1.165) is 38.0 Å². The second-order valence-electron chi connectivity index (χ2n) is 20.5. The Hall–Kier alpha value is 4.49. The molecule has 0 aliphatic heterocycles. The lowest BCUT2D eigenvalue weighted by molar-refractivity contribution is 0.0962. The summed E-state index contributed by atoms with van der Waals surface area (Å²) in [4.78, 5) is 0. The Morgan fingerprint density at radius 2 is 0.676 bits per heavy atom.